The molecule has 21 heavy (non-hydrogen) atoms. The molecule has 0 amide bonds. The Labute approximate surface area is 124 Å². The molecule has 1 aromatic rings. The van der Waals surface area contributed by atoms with Gasteiger partial charge in [-0.15, -0.1) is 0 Å². The monoisotopic (exact) mass is 285 g/mol. The second-order valence-corrected chi connectivity index (χ2v) is 5.33. The van der Waals surface area contributed by atoms with Crippen LogP contribution in [-0.4, -0.2) is 59.2 Å². The van der Waals surface area contributed by atoms with Gasteiger partial charge in [-0.1, -0.05) is 6.92 Å². The normalized spacial score (nSPS) is 25.4. The van der Waals surface area contributed by atoms with Crippen LogP contribution in [0.5, 0.6) is 0 Å². The summed E-state index contributed by atoms with van der Waals surface area (Å²) < 4.78 is 0. The average Bonchev–Trinajstić information content (AvgIpc) is 2.91. The number of nitriles is 1. The average molecular weight is 285 g/mol. The molecule has 6 heteroatoms. The van der Waals surface area contributed by atoms with Crippen molar-refractivity contribution in [3.63, 3.8) is 0 Å². The van der Waals surface area contributed by atoms with Crippen LogP contribution in [0.4, 0.5) is 5.82 Å². The van der Waals surface area contributed by atoms with Crippen molar-refractivity contribution < 1.29 is 5.11 Å². The fourth-order valence-electron chi connectivity index (χ4n) is 3.28. The van der Waals surface area contributed by atoms with Gasteiger partial charge in [0, 0.05) is 12.7 Å². The van der Waals surface area contributed by atoms with Crippen molar-refractivity contribution in [3.8, 4) is 6.07 Å². The zero-order chi connectivity index (χ0) is 14.8. The number of hydrogen-bond acceptors (Lipinski definition) is 6. The number of anilines is 1. The topological polar surface area (TPSA) is 75.8 Å². The Balaban J connectivity index is 1.84. The van der Waals surface area contributed by atoms with E-state index in [4.69, 9.17) is 0 Å². The van der Waals surface area contributed by atoms with Gasteiger partial charge in [0.25, 0.3) is 0 Å². The maximum atomic E-state index is 9.46. The van der Waals surface area contributed by atoms with Crippen molar-refractivity contribution in [2.75, 3.05) is 31.1 Å². The van der Waals surface area contributed by atoms with E-state index in [-0.39, 0.29) is 12.8 Å². The van der Waals surface area contributed by atoms with Gasteiger partial charge in [-0.05, 0) is 25.1 Å². The molecule has 3 rings (SSSR count). The molecule has 3 heterocycles. The first kappa shape index (κ1) is 14.0. The summed E-state index contributed by atoms with van der Waals surface area (Å²) in [5.74, 6) is 0.733. The number of aliphatic imine (C=N–C) groups is 1. The number of piperidine rings is 1. The lowest BCUT2D eigenvalue weighted by atomic mass is 10.0. The second-order valence-electron chi connectivity index (χ2n) is 5.33. The minimum absolute atomic E-state index is 0.0564. The van der Waals surface area contributed by atoms with Gasteiger partial charge in [0.15, 0.2) is 0 Å². The lowest BCUT2D eigenvalue weighted by molar-refractivity contribution is 0.129. The van der Waals surface area contributed by atoms with Crippen LogP contribution in [0.25, 0.3) is 0 Å². The van der Waals surface area contributed by atoms with Crippen molar-refractivity contribution >= 4 is 11.5 Å². The van der Waals surface area contributed by atoms with Crippen LogP contribution in [0.3, 0.4) is 0 Å². The molecule has 0 saturated carbocycles. The van der Waals surface area contributed by atoms with E-state index in [1.54, 1.807) is 18.3 Å². The summed E-state index contributed by atoms with van der Waals surface area (Å²) in [6.07, 6.45) is 2.55. The SMILES string of the molecule is CCN1C(CO)N=C2CN(c3ncccc3C#N)CCC21. The fourth-order valence-corrected chi connectivity index (χ4v) is 3.28. The summed E-state index contributed by atoms with van der Waals surface area (Å²) >= 11 is 0. The van der Waals surface area contributed by atoms with E-state index in [2.05, 4.69) is 32.8 Å². The summed E-state index contributed by atoms with van der Waals surface area (Å²) in [5, 5.41) is 18.7. The molecule has 2 aliphatic rings. The van der Waals surface area contributed by atoms with E-state index >= 15 is 0 Å². The summed E-state index contributed by atoms with van der Waals surface area (Å²) in [6, 6.07) is 6.09. The molecule has 1 aromatic heterocycles. The fraction of sp³-hybridized carbons (Fsp3) is 0.533. The predicted molar refractivity (Wildman–Crippen MR) is 80.3 cm³/mol. The molecular weight excluding hydrogens is 266 g/mol. The number of aliphatic hydroxyl groups is 1. The van der Waals surface area contributed by atoms with Gasteiger partial charge in [-0.2, -0.15) is 5.26 Å². The first-order valence-electron chi connectivity index (χ1n) is 7.31. The standard InChI is InChI=1S/C15H19N5O/c1-2-20-13-5-7-19(9-12(13)18-14(20)10-21)15-11(8-16)4-3-6-17-15/h3-4,6,13-14,21H,2,5,7,9-10H2,1H3. The zero-order valence-corrected chi connectivity index (χ0v) is 12.1. The summed E-state index contributed by atoms with van der Waals surface area (Å²) in [6.45, 7) is 4.57. The van der Waals surface area contributed by atoms with Gasteiger partial charge in [0.05, 0.1) is 30.5 Å². The van der Waals surface area contributed by atoms with E-state index in [0.717, 1.165) is 31.0 Å². The number of likely N-dealkylation sites (N-methyl/N-ethyl adjacent to an activating group) is 1. The molecule has 0 bridgehead atoms. The van der Waals surface area contributed by atoms with E-state index < -0.39 is 0 Å². The molecule has 1 saturated heterocycles. The van der Waals surface area contributed by atoms with Crippen molar-refractivity contribution in [1.29, 1.82) is 5.26 Å². The molecule has 0 spiro atoms. The highest BCUT2D eigenvalue weighted by molar-refractivity contribution is 5.96. The van der Waals surface area contributed by atoms with Crippen molar-refractivity contribution in [3.05, 3.63) is 23.9 Å². The minimum atomic E-state index is -0.117. The molecule has 110 valence electrons. The number of fused-ring (bicyclic) bond motifs is 1. The van der Waals surface area contributed by atoms with E-state index in [1.165, 1.54) is 0 Å². The molecule has 6 nitrogen and oxygen atoms in total. The number of nitrogens with zero attached hydrogens (tertiary/aromatic N) is 5. The van der Waals surface area contributed by atoms with Crippen LogP contribution in [-0.2, 0) is 0 Å². The third-order valence-electron chi connectivity index (χ3n) is 4.24. The first-order valence-corrected chi connectivity index (χ1v) is 7.31. The Morgan fingerprint density at radius 1 is 1.52 bits per heavy atom. The highest BCUT2D eigenvalue weighted by Crippen LogP contribution is 2.27. The molecule has 0 radical (unpaired) electrons. The molecule has 0 aromatic carbocycles. The Hall–Kier alpha value is -1.97. The molecule has 2 atom stereocenters. The zero-order valence-electron chi connectivity index (χ0n) is 12.1. The Kier molecular flexibility index (Phi) is 3.86. The van der Waals surface area contributed by atoms with Crippen LogP contribution in [0.1, 0.15) is 18.9 Å². The predicted octanol–water partition coefficient (Wildman–Crippen LogP) is 0.627. The van der Waals surface area contributed by atoms with Crippen molar-refractivity contribution in [2.45, 2.75) is 25.6 Å². The van der Waals surface area contributed by atoms with Crippen LogP contribution < -0.4 is 4.90 Å². The Morgan fingerprint density at radius 2 is 2.38 bits per heavy atom. The van der Waals surface area contributed by atoms with Gasteiger partial charge >= 0.3 is 0 Å². The minimum Gasteiger partial charge on any atom is -0.393 e. The van der Waals surface area contributed by atoms with Gasteiger partial charge in [0.1, 0.15) is 18.1 Å². The largest absolute Gasteiger partial charge is 0.393 e. The van der Waals surface area contributed by atoms with E-state index in [1.807, 2.05) is 0 Å². The molecule has 2 aliphatic heterocycles. The summed E-state index contributed by atoms with van der Waals surface area (Å²) in [4.78, 5) is 13.4. The second kappa shape index (κ2) is 5.80. The number of aliphatic hydroxyl groups excluding tert-OH is 1. The smallest absolute Gasteiger partial charge is 0.146 e. The van der Waals surface area contributed by atoms with Crippen LogP contribution in [0, 0.1) is 11.3 Å². The van der Waals surface area contributed by atoms with Gasteiger partial charge in [-0.3, -0.25) is 9.89 Å². The summed E-state index contributed by atoms with van der Waals surface area (Å²) in [7, 11) is 0. The molecular formula is C15H19N5O. The molecule has 0 aliphatic carbocycles. The van der Waals surface area contributed by atoms with Crippen LogP contribution in [0.2, 0.25) is 0 Å². The Morgan fingerprint density at radius 3 is 3.10 bits per heavy atom. The first-order chi connectivity index (χ1) is 10.3. The van der Waals surface area contributed by atoms with E-state index in [9.17, 15) is 10.4 Å². The Bertz CT molecular complexity index is 594. The molecule has 2 unspecified atom stereocenters. The maximum Gasteiger partial charge on any atom is 0.146 e. The lowest BCUT2D eigenvalue weighted by Crippen LogP contribution is -2.50. The number of hydrogen-bond donors (Lipinski definition) is 1. The van der Waals surface area contributed by atoms with Crippen LogP contribution in [0.15, 0.2) is 23.3 Å². The molecule has 1 fully saturated rings. The number of rotatable bonds is 3. The number of aromatic nitrogens is 1. The maximum absolute atomic E-state index is 9.46. The highest BCUT2D eigenvalue weighted by Gasteiger charge is 2.38. The lowest BCUT2D eigenvalue weighted by Gasteiger charge is -2.36. The van der Waals surface area contributed by atoms with Crippen molar-refractivity contribution in [1.82, 2.24) is 9.88 Å². The molecule has 1 N–H and O–H groups in total. The van der Waals surface area contributed by atoms with Gasteiger partial charge in [0.2, 0.25) is 0 Å². The van der Waals surface area contributed by atoms with E-state index in [0.29, 0.717) is 18.2 Å². The quantitative estimate of drug-likeness (QED) is 0.881. The van der Waals surface area contributed by atoms with Crippen molar-refractivity contribution in [2.24, 2.45) is 4.99 Å². The van der Waals surface area contributed by atoms with Gasteiger partial charge in [-0.25, -0.2) is 4.98 Å². The summed E-state index contributed by atoms with van der Waals surface area (Å²) in [5.41, 5.74) is 1.69. The van der Waals surface area contributed by atoms with Gasteiger partial charge < -0.3 is 10.0 Å². The third kappa shape index (κ3) is 2.39. The number of pyridine rings is 1. The highest BCUT2D eigenvalue weighted by atomic mass is 16.3. The third-order valence-corrected chi connectivity index (χ3v) is 4.24. The van der Waals surface area contributed by atoms with Crippen LogP contribution >= 0.6 is 0 Å².